The van der Waals surface area contributed by atoms with Crippen LogP contribution in [-0.4, -0.2) is 37.5 Å². The molecule has 0 radical (unpaired) electrons. The van der Waals surface area contributed by atoms with Gasteiger partial charge < -0.3 is 10.8 Å². The summed E-state index contributed by atoms with van der Waals surface area (Å²) in [7, 11) is -3.59. The first-order chi connectivity index (χ1) is 8.75. The Balaban J connectivity index is 2.53. The van der Waals surface area contributed by atoms with Gasteiger partial charge in [-0.2, -0.15) is 0 Å². The van der Waals surface area contributed by atoms with Crippen LogP contribution >= 0.6 is 0 Å². The molecule has 0 heterocycles. The number of carboxylic acids is 1. The fourth-order valence-corrected chi connectivity index (χ4v) is 4.71. The van der Waals surface area contributed by atoms with Crippen molar-refractivity contribution in [2.45, 2.75) is 11.2 Å². The third-order valence-corrected chi connectivity index (χ3v) is 5.28. The van der Waals surface area contributed by atoms with Crippen LogP contribution in [0.25, 0.3) is 0 Å². The zero-order valence-corrected chi connectivity index (χ0v) is 11.0. The Kier molecular flexibility index (Phi) is 3.14. The van der Waals surface area contributed by atoms with E-state index in [-0.39, 0.29) is 6.54 Å². The van der Waals surface area contributed by atoms with Crippen molar-refractivity contribution in [2.24, 2.45) is 11.1 Å². The van der Waals surface area contributed by atoms with Crippen molar-refractivity contribution in [1.82, 2.24) is 0 Å². The molecule has 0 bridgehead atoms. The van der Waals surface area contributed by atoms with E-state index in [1.807, 2.05) is 0 Å². The number of nitrogens with two attached hydrogens (primary N) is 1. The highest BCUT2D eigenvalue weighted by Gasteiger charge is 2.74. The lowest BCUT2D eigenvalue weighted by atomic mass is 9.99. The molecule has 1 saturated carbocycles. The van der Waals surface area contributed by atoms with Crippen molar-refractivity contribution in [1.29, 1.82) is 0 Å². The number of carboxylic acid groups (broad SMARTS) is 1. The molecule has 1 aromatic rings. The van der Waals surface area contributed by atoms with Gasteiger partial charge in [-0.25, -0.2) is 12.8 Å². The summed E-state index contributed by atoms with van der Waals surface area (Å²) in [5, 5.41) is 8.19. The Morgan fingerprint density at radius 1 is 1.53 bits per heavy atom. The predicted octanol–water partition coefficient (Wildman–Crippen LogP) is 0.366. The molecule has 104 valence electrons. The first-order valence-corrected chi connectivity index (χ1v) is 7.58. The van der Waals surface area contributed by atoms with E-state index < -0.39 is 38.2 Å². The van der Waals surface area contributed by atoms with E-state index in [1.54, 1.807) is 0 Å². The quantitative estimate of drug-likeness (QED) is 0.833. The molecule has 0 unspecified atom stereocenters. The molecule has 3 N–H and O–H groups in total. The van der Waals surface area contributed by atoms with Gasteiger partial charge in [-0.3, -0.25) is 4.79 Å². The summed E-state index contributed by atoms with van der Waals surface area (Å²) in [6, 6.07) is 5.31. The van der Waals surface area contributed by atoms with Crippen molar-refractivity contribution in [3.05, 3.63) is 35.6 Å². The largest absolute Gasteiger partial charge is 0.481 e. The summed E-state index contributed by atoms with van der Waals surface area (Å²) in [4.78, 5) is 11.4. The standard InChI is InChI=1S/C12H14FNO4S/c1-19(17,18)10-9(12(10,6-14)11(15)16)7-3-2-4-8(13)5-7/h2-5,9-10H,6,14H2,1H3,(H,15,16)/t9-,10+,12-/m1/s1. The van der Waals surface area contributed by atoms with Gasteiger partial charge in [0, 0.05) is 18.7 Å². The van der Waals surface area contributed by atoms with Crippen LogP contribution in [0.15, 0.2) is 24.3 Å². The van der Waals surface area contributed by atoms with E-state index in [9.17, 15) is 22.7 Å². The Morgan fingerprint density at radius 2 is 2.16 bits per heavy atom. The molecule has 19 heavy (non-hydrogen) atoms. The Bertz CT molecular complexity index is 630. The molecule has 1 aliphatic rings. The number of rotatable bonds is 4. The first kappa shape index (κ1) is 14.0. The van der Waals surface area contributed by atoms with Crippen LogP contribution in [0.5, 0.6) is 0 Å². The monoisotopic (exact) mass is 287 g/mol. The minimum absolute atomic E-state index is 0.304. The van der Waals surface area contributed by atoms with Gasteiger partial charge in [0.25, 0.3) is 0 Å². The normalized spacial score (nSPS) is 30.1. The summed E-state index contributed by atoms with van der Waals surface area (Å²) < 4.78 is 36.7. The van der Waals surface area contributed by atoms with Gasteiger partial charge in [-0.15, -0.1) is 0 Å². The van der Waals surface area contributed by atoms with E-state index in [0.29, 0.717) is 5.56 Å². The van der Waals surface area contributed by atoms with E-state index >= 15 is 0 Å². The van der Waals surface area contributed by atoms with E-state index in [2.05, 4.69) is 0 Å². The van der Waals surface area contributed by atoms with Crippen LogP contribution in [0, 0.1) is 11.2 Å². The minimum atomic E-state index is -3.59. The van der Waals surface area contributed by atoms with Crippen LogP contribution < -0.4 is 5.73 Å². The summed E-state index contributed by atoms with van der Waals surface area (Å²) in [6.07, 6.45) is 0.977. The third kappa shape index (κ3) is 2.02. The molecular weight excluding hydrogens is 273 g/mol. The van der Waals surface area contributed by atoms with Crippen LogP contribution in [-0.2, 0) is 14.6 Å². The van der Waals surface area contributed by atoms with Crippen molar-refractivity contribution in [3.63, 3.8) is 0 Å². The molecular formula is C12H14FNO4S. The summed E-state index contributed by atoms with van der Waals surface area (Å²) >= 11 is 0. The molecule has 1 fully saturated rings. The Hall–Kier alpha value is -1.47. The molecule has 7 heteroatoms. The first-order valence-electron chi connectivity index (χ1n) is 5.63. The predicted molar refractivity (Wildman–Crippen MR) is 66.9 cm³/mol. The second-order valence-corrected chi connectivity index (χ2v) is 7.00. The van der Waals surface area contributed by atoms with Gasteiger partial charge in [-0.1, -0.05) is 12.1 Å². The van der Waals surface area contributed by atoms with Gasteiger partial charge in [-0.05, 0) is 17.7 Å². The van der Waals surface area contributed by atoms with Crippen molar-refractivity contribution in [3.8, 4) is 0 Å². The average molecular weight is 287 g/mol. The topological polar surface area (TPSA) is 97.5 Å². The highest BCUT2D eigenvalue weighted by Crippen LogP contribution is 2.62. The summed E-state index contributed by atoms with van der Waals surface area (Å²) in [5.41, 5.74) is 4.28. The number of benzene rings is 1. The van der Waals surface area contributed by atoms with Gasteiger partial charge >= 0.3 is 5.97 Å². The fourth-order valence-electron chi connectivity index (χ4n) is 2.79. The number of carbonyl (C=O) groups is 1. The van der Waals surface area contributed by atoms with Crippen LogP contribution in [0.1, 0.15) is 11.5 Å². The minimum Gasteiger partial charge on any atom is -0.481 e. The molecule has 5 nitrogen and oxygen atoms in total. The van der Waals surface area contributed by atoms with Gasteiger partial charge in [0.1, 0.15) is 11.2 Å². The Labute approximate surface area is 110 Å². The lowest BCUT2D eigenvalue weighted by molar-refractivity contribution is -0.143. The van der Waals surface area contributed by atoms with Crippen molar-refractivity contribution in [2.75, 3.05) is 12.8 Å². The number of sulfone groups is 1. The van der Waals surface area contributed by atoms with Crippen molar-refractivity contribution >= 4 is 15.8 Å². The van der Waals surface area contributed by atoms with Crippen LogP contribution in [0.4, 0.5) is 4.39 Å². The molecule has 0 saturated heterocycles. The SMILES string of the molecule is CS(=O)(=O)[C@H]1[C@@H](c2cccc(F)c2)[C@@]1(CN)C(=O)O. The van der Waals surface area contributed by atoms with Crippen LogP contribution in [0.3, 0.4) is 0 Å². The molecule has 3 atom stereocenters. The maximum atomic E-state index is 13.2. The van der Waals surface area contributed by atoms with Gasteiger partial charge in [0.15, 0.2) is 9.84 Å². The van der Waals surface area contributed by atoms with Gasteiger partial charge in [0.2, 0.25) is 0 Å². The summed E-state index contributed by atoms with van der Waals surface area (Å²) in [6.45, 7) is -0.304. The average Bonchev–Trinajstić information content (AvgIpc) is 2.99. The smallest absolute Gasteiger partial charge is 0.312 e. The molecule has 0 spiro atoms. The molecule has 1 aliphatic carbocycles. The zero-order chi connectivity index (χ0) is 14.4. The lowest BCUT2D eigenvalue weighted by Crippen LogP contribution is -2.31. The number of hydrogen-bond acceptors (Lipinski definition) is 4. The highest BCUT2D eigenvalue weighted by atomic mass is 32.2. The maximum Gasteiger partial charge on any atom is 0.312 e. The zero-order valence-electron chi connectivity index (χ0n) is 10.2. The highest BCUT2D eigenvalue weighted by molar-refractivity contribution is 7.91. The van der Waals surface area contributed by atoms with E-state index in [0.717, 1.165) is 12.3 Å². The molecule has 0 aromatic heterocycles. The van der Waals surface area contributed by atoms with Crippen LogP contribution in [0.2, 0.25) is 0 Å². The number of aliphatic carboxylic acids is 1. The molecule has 0 amide bonds. The second-order valence-electron chi connectivity index (χ2n) is 4.83. The maximum absolute atomic E-state index is 13.2. The second kappa shape index (κ2) is 4.28. The van der Waals surface area contributed by atoms with Gasteiger partial charge in [0.05, 0.1) is 5.25 Å². The van der Waals surface area contributed by atoms with E-state index in [1.165, 1.54) is 18.2 Å². The fraction of sp³-hybridized carbons (Fsp3) is 0.417. The molecule has 2 rings (SSSR count). The molecule has 1 aromatic carbocycles. The number of hydrogen-bond donors (Lipinski definition) is 2. The third-order valence-electron chi connectivity index (χ3n) is 3.66. The van der Waals surface area contributed by atoms with Crippen molar-refractivity contribution < 1.29 is 22.7 Å². The Morgan fingerprint density at radius 3 is 2.53 bits per heavy atom. The van der Waals surface area contributed by atoms with E-state index in [4.69, 9.17) is 5.73 Å². The molecule has 0 aliphatic heterocycles. The lowest BCUT2D eigenvalue weighted by Gasteiger charge is -2.09. The number of halogens is 1. The summed E-state index contributed by atoms with van der Waals surface area (Å²) in [5.74, 6) is -2.60.